The Morgan fingerprint density at radius 1 is 0.356 bits per heavy atom. The van der Waals surface area contributed by atoms with Crippen LogP contribution in [0.4, 0.5) is 0 Å². The smallest absolute Gasteiger partial charge is 0.137 e. The Balaban J connectivity index is 1.25. The number of furan rings is 1. The lowest BCUT2D eigenvalue weighted by molar-refractivity contribution is 0.668. The normalized spacial score (nSPS) is 12.0. The maximum absolute atomic E-state index is 6.32. The average Bonchev–Trinajstić information content (AvgIpc) is 3.75. The summed E-state index contributed by atoms with van der Waals surface area (Å²) in [5.74, 6) is 0. The molecule has 0 unspecified atom stereocenters. The van der Waals surface area contributed by atoms with E-state index in [2.05, 4.69) is 155 Å². The fourth-order valence-corrected chi connectivity index (χ4v) is 7.39. The molecule has 0 aliphatic rings. The molecule has 0 atom stereocenters. The highest BCUT2D eigenvalue weighted by Crippen LogP contribution is 2.41. The number of hydrogen-bond donors (Lipinski definition) is 0. The van der Waals surface area contributed by atoms with Gasteiger partial charge in [-0.3, -0.25) is 0 Å². The topological polar surface area (TPSA) is 23.0 Å². The Hall–Kier alpha value is -6.06. The van der Waals surface area contributed by atoms with Crippen molar-refractivity contribution in [1.29, 1.82) is 0 Å². The molecule has 210 valence electrons. The van der Waals surface area contributed by atoms with Gasteiger partial charge in [0.25, 0.3) is 0 Å². The zero-order valence-corrected chi connectivity index (χ0v) is 24.3. The highest BCUT2D eigenvalue weighted by Gasteiger charge is 2.18. The number of benzene rings is 7. The molecule has 0 radical (unpaired) electrons. The second-order valence-corrected chi connectivity index (χ2v) is 11.8. The van der Waals surface area contributed by atoms with Crippen LogP contribution in [0.25, 0.3) is 88.1 Å². The third-order valence-electron chi connectivity index (χ3n) is 9.32. The van der Waals surface area contributed by atoms with Crippen molar-refractivity contribution in [3.63, 3.8) is 0 Å². The molecular weight excluding hydrogens is 548 g/mol. The lowest BCUT2D eigenvalue weighted by atomic mass is 9.98. The third kappa shape index (κ3) is 3.46. The van der Waals surface area contributed by atoms with Crippen molar-refractivity contribution in [3.05, 3.63) is 158 Å². The summed E-state index contributed by atoms with van der Waals surface area (Å²) >= 11 is 0. The minimum absolute atomic E-state index is 0.897. The van der Waals surface area contributed by atoms with Crippen molar-refractivity contribution in [2.75, 3.05) is 0 Å². The minimum atomic E-state index is 0.897. The van der Waals surface area contributed by atoms with E-state index in [1.54, 1.807) is 0 Å². The van der Waals surface area contributed by atoms with Gasteiger partial charge in [0.1, 0.15) is 11.2 Å². The van der Waals surface area contributed by atoms with Gasteiger partial charge in [-0.15, -0.1) is 0 Å². The van der Waals surface area contributed by atoms with E-state index in [0.29, 0.717) is 0 Å². The molecule has 45 heavy (non-hydrogen) atoms. The van der Waals surface area contributed by atoms with E-state index in [-0.39, 0.29) is 0 Å². The standard InChI is InChI=1S/C42H26N2O/c1-2-11-28(12-3-1)43-37-18-8-5-15-35(37)42-30(16-10-19-38(42)43)27-21-23-32-31-13-4-7-17-36(31)44(39(32)25-27)29-22-24-34-33-14-6-9-20-40(33)45-41(34)26-29/h1-26H. The molecule has 0 aliphatic carbocycles. The summed E-state index contributed by atoms with van der Waals surface area (Å²) in [6.45, 7) is 0. The van der Waals surface area contributed by atoms with Crippen molar-refractivity contribution in [3.8, 4) is 22.5 Å². The van der Waals surface area contributed by atoms with Gasteiger partial charge >= 0.3 is 0 Å². The largest absolute Gasteiger partial charge is 0.456 e. The number of aromatic nitrogens is 2. The van der Waals surface area contributed by atoms with Gasteiger partial charge in [0.2, 0.25) is 0 Å². The van der Waals surface area contributed by atoms with Gasteiger partial charge in [-0.05, 0) is 65.7 Å². The van der Waals surface area contributed by atoms with Gasteiger partial charge in [0.05, 0.1) is 22.1 Å². The predicted molar refractivity (Wildman–Crippen MR) is 188 cm³/mol. The predicted octanol–water partition coefficient (Wildman–Crippen LogP) is 11.4. The molecule has 0 spiro atoms. The summed E-state index contributed by atoms with van der Waals surface area (Å²) in [6, 6.07) is 56.6. The number of rotatable bonds is 3. The first-order chi connectivity index (χ1) is 22.3. The van der Waals surface area contributed by atoms with Crippen LogP contribution in [0.2, 0.25) is 0 Å². The van der Waals surface area contributed by atoms with E-state index in [1.807, 2.05) is 12.1 Å². The molecule has 3 aromatic heterocycles. The van der Waals surface area contributed by atoms with E-state index < -0.39 is 0 Å². The zero-order valence-electron chi connectivity index (χ0n) is 24.3. The van der Waals surface area contributed by atoms with Crippen LogP contribution in [0.15, 0.2) is 162 Å². The number of hydrogen-bond acceptors (Lipinski definition) is 1. The van der Waals surface area contributed by atoms with Crippen molar-refractivity contribution in [1.82, 2.24) is 9.13 Å². The summed E-state index contributed by atoms with van der Waals surface area (Å²) in [7, 11) is 0. The van der Waals surface area contributed by atoms with Gasteiger partial charge in [-0.1, -0.05) is 97.1 Å². The van der Waals surface area contributed by atoms with E-state index in [1.165, 1.54) is 54.7 Å². The first kappa shape index (κ1) is 24.4. The third-order valence-corrected chi connectivity index (χ3v) is 9.32. The zero-order chi connectivity index (χ0) is 29.5. The molecule has 0 aliphatic heterocycles. The van der Waals surface area contributed by atoms with Gasteiger partial charge < -0.3 is 13.6 Å². The molecule has 10 rings (SSSR count). The Bertz CT molecular complexity index is 2760. The summed E-state index contributed by atoms with van der Waals surface area (Å²) in [5, 5.41) is 7.27. The van der Waals surface area contributed by atoms with Crippen molar-refractivity contribution >= 4 is 65.6 Å². The fraction of sp³-hybridized carbons (Fsp3) is 0. The maximum atomic E-state index is 6.32. The number of nitrogens with zero attached hydrogens (tertiary/aromatic N) is 2. The van der Waals surface area contributed by atoms with Gasteiger partial charge in [0, 0.05) is 49.8 Å². The molecule has 0 saturated carbocycles. The molecular formula is C42H26N2O. The fourth-order valence-electron chi connectivity index (χ4n) is 7.39. The average molecular weight is 575 g/mol. The molecule has 3 heteroatoms. The van der Waals surface area contributed by atoms with E-state index >= 15 is 0 Å². The second-order valence-electron chi connectivity index (χ2n) is 11.8. The Morgan fingerprint density at radius 2 is 0.978 bits per heavy atom. The molecule has 0 amide bonds. The van der Waals surface area contributed by atoms with Crippen LogP contribution in [0.1, 0.15) is 0 Å². The van der Waals surface area contributed by atoms with Crippen LogP contribution in [0.5, 0.6) is 0 Å². The first-order valence-corrected chi connectivity index (χ1v) is 15.4. The highest BCUT2D eigenvalue weighted by molar-refractivity contribution is 6.17. The van der Waals surface area contributed by atoms with E-state index in [0.717, 1.165) is 33.3 Å². The molecule has 0 fully saturated rings. The lowest BCUT2D eigenvalue weighted by Gasteiger charge is -2.11. The van der Waals surface area contributed by atoms with E-state index in [9.17, 15) is 0 Å². The number of fused-ring (bicyclic) bond motifs is 9. The quantitative estimate of drug-likeness (QED) is 0.206. The molecule has 10 aromatic rings. The molecule has 7 aromatic carbocycles. The van der Waals surface area contributed by atoms with Crippen LogP contribution in [0, 0.1) is 0 Å². The SMILES string of the molecule is c1ccc(-n2c3ccccc3c3c(-c4ccc5c6ccccc6n(-c6ccc7c(c6)oc6ccccc67)c5c4)cccc32)cc1. The molecule has 0 N–H and O–H groups in total. The molecule has 3 heterocycles. The lowest BCUT2D eigenvalue weighted by Crippen LogP contribution is -1.94. The Morgan fingerprint density at radius 3 is 1.84 bits per heavy atom. The summed E-state index contributed by atoms with van der Waals surface area (Å²) in [5.41, 5.74) is 11.2. The van der Waals surface area contributed by atoms with Crippen LogP contribution >= 0.6 is 0 Å². The molecule has 0 bridgehead atoms. The van der Waals surface area contributed by atoms with Crippen LogP contribution < -0.4 is 0 Å². The monoisotopic (exact) mass is 574 g/mol. The summed E-state index contributed by atoms with van der Waals surface area (Å²) in [6.07, 6.45) is 0. The van der Waals surface area contributed by atoms with Crippen LogP contribution in [-0.2, 0) is 0 Å². The van der Waals surface area contributed by atoms with Crippen molar-refractivity contribution < 1.29 is 4.42 Å². The summed E-state index contributed by atoms with van der Waals surface area (Å²) < 4.78 is 11.1. The second kappa shape index (κ2) is 9.22. The number of para-hydroxylation sites is 4. The van der Waals surface area contributed by atoms with Crippen molar-refractivity contribution in [2.24, 2.45) is 0 Å². The Kier molecular flexibility index (Phi) is 5.00. The molecule has 3 nitrogen and oxygen atoms in total. The minimum Gasteiger partial charge on any atom is -0.456 e. The first-order valence-electron chi connectivity index (χ1n) is 15.4. The van der Waals surface area contributed by atoms with Crippen LogP contribution in [-0.4, -0.2) is 9.13 Å². The highest BCUT2D eigenvalue weighted by atomic mass is 16.3. The van der Waals surface area contributed by atoms with Crippen LogP contribution in [0.3, 0.4) is 0 Å². The van der Waals surface area contributed by atoms with E-state index in [4.69, 9.17) is 4.42 Å². The van der Waals surface area contributed by atoms with Gasteiger partial charge in [0.15, 0.2) is 0 Å². The summed E-state index contributed by atoms with van der Waals surface area (Å²) in [4.78, 5) is 0. The van der Waals surface area contributed by atoms with Gasteiger partial charge in [-0.25, -0.2) is 0 Å². The maximum Gasteiger partial charge on any atom is 0.137 e. The van der Waals surface area contributed by atoms with Crippen molar-refractivity contribution in [2.45, 2.75) is 0 Å². The molecule has 0 saturated heterocycles. The van der Waals surface area contributed by atoms with Gasteiger partial charge in [-0.2, -0.15) is 0 Å². The Labute approximate surface area is 258 Å².